The van der Waals surface area contributed by atoms with Crippen molar-refractivity contribution >= 4 is 44.8 Å². The van der Waals surface area contributed by atoms with E-state index in [1.165, 1.54) is 20.9 Å². The molecule has 0 saturated carbocycles. The van der Waals surface area contributed by atoms with Crippen LogP contribution in [-0.4, -0.2) is 62.5 Å². The number of hydrogen-bond acceptors (Lipinski definition) is 8. The number of carbonyl (C=O) groups is 2. The van der Waals surface area contributed by atoms with E-state index >= 15 is 0 Å². The average Bonchev–Trinajstić information content (AvgIpc) is 3.44. The van der Waals surface area contributed by atoms with Crippen LogP contribution < -0.4 is 11.2 Å². The molecule has 0 aliphatic carbocycles. The van der Waals surface area contributed by atoms with Crippen molar-refractivity contribution in [3.8, 4) is 5.69 Å². The summed E-state index contributed by atoms with van der Waals surface area (Å²) in [5, 5.41) is 5.09. The largest absolute Gasteiger partial charge is 0.465 e. The smallest absolute Gasteiger partial charge is 0.416 e. The number of nitrogens with one attached hydrogen (secondary N) is 1. The Morgan fingerprint density at radius 1 is 1.10 bits per heavy atom. The van der Waals surface area contributed by atoms with E-state index in [9.17, 15) is 53.9 Å². The van der Waals surface area contributed by atoms with Gasteiger partial charge in [-0.3, -0.25) is 24.2 Å². The van der Waals surface area contributed by atoms with E-state index in [-0.39, 0.29) is 51.0 Å². The van der Waals surface area contributed by atoms with Crippen LogP contribution in [0.1, 0.15) is 52.0 Å². The minimum Gasteiger partial charge on any atom is -0.465 e. The predicted molar refractivity (Wildman–Crippen MR) is 168 cm³/mol. The second-order valence-corrected chi connectivity index (χ2v) is 13.4. The Hall–Kier alpha value is -4.36. The molecule has 4 aromatic rings. The number of halogens is 8. The van der Waals surface area contributed by atoms with Gasteiger partial charge in [0.05, 0.1) is 17.1 Å². The first-order chi connectivity index (χ1) is 23.0. The Bertz CT molecular complexity index is 2180. The number of nitrogens with zero attached hydrogens (tertiary/aromatic N) is 4. The molecule has 21 heteroatoms. The fourth-order valence-electron chi connectivity index (χ4n) is 4.55. The maximum absolute atomic E-state index is 14.2. The molecule has 0 spiro atoms. The summed E-state index contributed by atoms with van der Waals surface area (Å²) in [6.07, 6.45) is -4.18. The minimum atomic E-state index is -4.76. The molecule has 2 aromatic carbocycles. The maximum Gasteiger partial charge on any atom is 0.416 e. The number of sulfone groups is 1. The summed E-state index contributed by atoms with van der Waals surface area (Å²) in [7, 11) is -2.77. The number of hydrogen-bond donors (Lipinski definition) is 1. The van der Waals surface area contributed by atoms with Gasteiger partial charge >= 0.3 is 24.4 Å². The summed E-state index contributed by atoms with van der Waals surface area (Å²) in [6, 6.07) is 3.80. The lowest BCUT2D eigenvalue weighted by Crippen LogP contribution is -2.25. The molecule has 0 radical (unpaired) electrons. The number of rotatable bonds is 9. The third kappa shape index (κ3) is 8.67. The number of aryl methyl sites for hydroxylation is 3. The molecule has 50 heavy (non-hydrogen) atoms. The van der Waals surface area contributed by atoms with Crippen LogP contribution in [0.3, 0.4) is 0 Å². The van der Waals surface area contributed by atoms with Crippen LogP contribution in [0.15, 0.2) is 44.8 Å². The molecule has 1 unspecified atom stereocenters. The van der Waals surface area contributed by atoms with Gasteiger partial charge in [0, 0.05) is 36.0 Å². The van der Waals surface area contributed by atoms with Crippen LogP contribution >= 0.6 is 23.2 Å². The highest BCUT2D eigenvalue weighted by Gasteiger charge is 2.34. The zero-order valence-corrected chi connectivity index (χ0v) is 28.9. The van der Waals surface area contributed by atoms with E-state index < -0.39 is 72.8 Å². The Kier molecular flexibility index (Phi) is 12.2. The topological polar surface area (TPSA) is 155 Å². The third-order valence-electron chi connectivity index (χ3n) is 6.87. The lowest BCUT2D eigenvalue weighted by atomic mass is 10.0. The fourth-order valence-corrected chi connectivity index (χ4v) is 5.91. The molecule has 2 aromatic heterocycles. The Labute approximate surface area is 289 Å². The van der Waals surface area contributed by atoms with Crippen molar-refractivity contribution < 1.29 is 49.1 Å². The number of aromatic amines is 1. The first-order valence-electron chi connectivity index (χ1n) is 14.0. The molecule has 0 aliphatic rings. The molecule has 4 rings (SSSR count). The van der Waals surface area contributed by atoms with Gasteiger partial charge in [-0.2, -0.15) is 26.6 Å². The highest BCUT2D eigenvalue weighted by Crippen LogP contribution is 2.32. The van der Waals surface area contributed by atoms with Gasteiger partial charge in [-0.05, 0) is 56.7 Å². The number of ether oxygens (including phenoxy) is 1. The molecule has 1 atom stereocenters. The quantitative estimate of drug-likeness (QED) is 0.109. The molecular formula is C29H27Cl2F6N5O7S. The van der Waals surface area contributed by atoms with Gasteiger partial charge in [-0.15, -0.1) is 16.7 Å². The molecule has 0 aliphatic heterocycles. The van der Waals surface area contributed by atoms with Crippen molar-refractivity contribution in [3.05, 3.63) is 95.8 Å². The van der Waals surface area contributed by atoms with Crippen LogP contribution in [-0.2, 0) is 39.0 Å². The Morgan fingerprint density at radius 2 is 1.72 bits per heavy atom. The second kappa shape index (κ2) is 15.3. The molecule has 0 bridgehead atoms. The third-order valence-corrected chi connectivity index (χ3v) is 8.69. The van der Waals surface area contributed by atoms with Gasteiger partial charge in [-0.1, -0.05) is 11.6 Å². The van der Waals surface area contributed by atoms with E-state index in [1.54, 1.807) is 6.92 Å². The molecule has 0 saturated heterocycles. The molecular weight excluding hydrogens is 747 g/mol. The van der Waals surface area contributed by atoms with Crippen LogP contribution in [0.4, 0.5) is 26.3 Å². The van der Waals surface area contributed by atoms with Crippen LogP contribution in [0.5, 0.6) is 0 Å². The van der Waals surface area contributed by atoms with Crippen molar-refractivity contribution in [2.24, 2.45) is 7.05 Å². The number of aromatic nitrogens is 5. The number of esters is 1. The van der Waals surface area contributed by atoms with Crippen LogP contribution in [0.25, 0.3) is 5.69 Å². The molecule has 12 nitrogen and oxygen atoms in total. The van der Waals surface area contributed by atoms with Crippen molar-refractivity contribution in [1.29, 1.82) is 0 Å². The zero-order chi connectivity index (χ0) is 38.0. The summed E-state index contributed by atoms with van der Waals surface area (Å²) in [5.41, 5.74) is -3.87. The summed E-state index contributed by atoms with van der Waals surface area (Å²) < 4.78 is 109. The van der Waals surface area contributed by atoms with Gasteiger partial charge < -0.3 is 4.74 Å². The summed E-state index contributed by atoms with van der Waals surface area (Å²) in [5.74, 6) is -2.88. The number of carbonyl (C=O) groups excluding carboxylic acids is 2. The van der Waals surface area contributed by atoms with Crippen LogP contribution in [0.2, 0.25) is 5.02 Å². The Morgan fingerprint density at radius 3 is 2.20 bits per heavy atom. The van der Waals surface area contributed by atoms with Gasteiger partial charge in [0.25, 0.3) is 5.56 Å². The molecule has 0 amide bonds. The second-order valence-electron chi connectivity index (χ2n) is 10.5. The first-order valence-corrected chi connectivity index (χ1v) is 16.7. The normalized spacial score (nSPS) is 12.4. The number of H-pyrrole nitrogens is 1. The molecule has 272 valence electrons. The van der Waals surface area contributed by atoms with Crippen molar-refractivity contribution in [2.45, 2.75) is 50.2 Å². The summed E-state index contributed by atoms with van der Waals surface area (Å²) >= 11 is 11.9. The Balaban J connectivity index is 0.000000271. The van der Waals surface area contributed by atoms with Crippen molar-refractivity contribution in [2.75, 3.05) is 12.9 Å². The van der Waals surface area contributed by atoms with Crippen molar-refractivity contribution in [3.63, 3.8) is 0 Å². The number of ketones is 1. The first kappa shape index (κ1) is 40.1. The van der Waals surface area contributed by atoms with Gasteiger partial charge in [-0.25, -0.2) is 22.2 Å². The van der Waals surface area contributed by atoms with Crippen molar-refractivity contribution in [1.82, 2.24) is 24.1 Å². The molecule has 0 fully saturated rings. The lowest BCUT2D eigenvalue weighted by molar-refractivity contribution is -0.142. The van der Waals surface area contributed by atoms with Gasteiger partial charge in [0.15, 0.2) is 15.7 Å². The fraction of sp³-hybridized carbons (Fsp3) is 0.345. The van der Waals surface area contributed by atoms with E-state index in [1.807, 2.05) is 0 Å². The lowest BCUT2D eigenvalue weighted by Gasteiger charge is -2.12. The van der Waals surface area contributed by atoms with E-state index in [0.29, 0.717) is 23.1 Å². The number of alkyl halides is 6. The maximum atomic E-state index is 14.2. The molecule has 2 heterocycles. The monoisotopic (exact) mass is 773 g/mol. The zero-order valence-electron chi connectivity index (χ0n) is 26.5. The molecule has 1 N–H and O–H groups in total. The minimum absolute atomic E-state index is 0.0424. The summed E-state index contributed by atoms with van der Waals surface area (Å²) in [4.78, 5) is 47.5. The summed E-state index contributed by atoms with van der Waals surface area (Å²) in [6.45, 7) is 1.23. The van der Waals surface area contributed by atoms with Gasteiger partial charge in [0.1, 0.15) is 22.5 Å². The average molecular weight is 775 g/mol. The predicted octanol–water partition coefficient (Wildman–Crippen LogP) is 4.92. The standard InChI is InChI=1S/C15H14Cl2F3N3O3.C14H13F3N2O4S/c1-3-26-13(24)10(17)4-8-5-12(11(18)6-9(8)16)23-15(25)22(14(19)20)7(2)21-23;1-7-11(13(21)19(2)18-7)12(20)9-5-4-8(14(15,16)17)6-10(9)24(3,22)23/h5-6,10,14H,3-4H2,1-2H3;4-6,18H,1-3H3. The van der Waals surface area contributed by atoms with E-state index in [4.69, 9.17) is 27.9 Å². The number of benzene rings is 2. The van der Waals surface area contributed by atoms with Crippen LogP contribution in [0, 0.1) is 19.7 Å². The highest BCUT2D eigenvalue weighted by atomic mass is 35.5. The van der Waals surface area contributed by atoms with E-state index in [0.717, 1.165) is 22.9 Å². The SMILES string of the molecule is CCOC(=O)C(Cl)Cc1cc(-n2nc(C)n(C(F)F)c2=O)c(F)cc1Cl.Cc1[nH]n(C)c(=O)c1C(=O)c1ccc(C(F)(F)F)cc1S(C)(=O)=O. The highest BCUT2D eigenvalue weighted by molar-refractivity contribution is 7.90. The van der Waals surface area contributed by atoms with E-state index in [2.05, 4.69) is 10.2 Å². The van der Waals surface area contributed by atoms with Gasteiger partial charge in [0.2, 0.25) is 5.78 Å².